The summed E-state index contributed by atoms with van der Waals surface area (Å²) < 4.78 is 10.5. The summed E-state index contributed by atoms with van der Waals surface area (Å²) in [6.07, 6.45) is -0.323. The lowest BCUT2D eigenvalue weighted by molar-refractivity contribution is -0.138. The Bertz CT molecular complexity index is 943. The van der Waals surface area contributed by atoms with E-state index in [4.69, 9.17) is 9.47 Å². The van der Waals surface area contributed by atoms with Gasteiger partial charge in [0.05, 0.1) is 32.6 Å². The zero-order chi connectivity index (χ0) is 21.0. The summed E-state index contributed by atoms with van der Waals surface area (Å²) in [5.41, 5.74) is 1.85. The van der Waals surface area contributed by atoms with Crippen molar-refractivity contribution >= 4 is 23.5 Å². The van der Waals surface area contributed by atoms with Gasteiger partial charge in [-0.3, -0.25) is 14.4 Å². The summed E-state index contributed by atoms with van der Waals surface area (Å²) in [4.78, 5) is 36.4. The molecule has 0 fully saturated rings. The van der Waals surface area contributed by atoms with E-state index < -0.39 is 23.8 Å². The molecular formula is C21H22N2O6. The highest BCUT2D eigenvalue weighted by Crippen LogP contribution is 2.34. The van der Waals surface area contributed by atoms with E-state index in [2.05, 4.69) is 10.6 Å². The Kier molecular flexibility index (Phi) is 6.01. The highest BCUT2D eigenvalue weighted by Gasteiger charge is 2.32. The van der Waals surface area contributed by atoms with Gasteiger partial charge in [-0.1, -0.05) is 24.3 Å². The van der Waals surface area contributed by atoms with Crippen LogP contribution in [0, 0.1) is 0 Å². The molecule has 0 aliphatic carbocycles. The molecule has 0 unspecified atom stereocenters. The number of carbonyl (C=O) groups excluding carboxylic acids is 2. The summed E-state index contributed by atoms with van der Waals surface area (Å²) in [5.74, 6) is -1.51. The monoisotopic (exact) mass is 398 g/mol. The highest BCUT2D eigenvalue weighted by molar-refractivity contribution is 6.01. The molecule has 29 heavy (non-hydrogen) atoms. The number of hydrogen-bond acceptors (Lipinski definition) is 5. The topological polar surface area (TPSA) is 114 Å². The second kappa shape index (κ2) is 8.64. The maximum Gasteiger partial charge on any atom is 0.305 e. The Balaban J connectivity index is 1.89. The number of para-hydroxylation sites is 1. The molecular weight excluding hydrogens is 376 g/mol. The van der Waals surface area contributed by atoms with E-state index in [0.717, 1.165) is 0 Å². The average molecular weight is 398 g/mol. The third kappa shape index (κ3) is 4.48. The zero-order valence-electron chi connectivity index (χ0n) is 16.1. The second-order valence-corrected chi connectivity index (χ2v) is 6.67. The van der Waals surface area contributed by atoms with Crippen LogP contribution in [0.4, 0.5) is 5.69 Å². The van der Waals surface area contributed by atoms with Crippen molar-refractivity contribution in [1.29, 1.82) is 0 Å². The number of fused-ring (bicyclic) bond motifs is 1. The Morgan fingerprint density at radius 3 is 2.59 bits per heavy atom. The van der Waals surface area contributed by atoms with Gasteiger partial charge in [0, 0.05) is 12.1 Å². The van der Waals surface area contributed by atoms with Crippen molar-refractivity contribution in [3.05, 3.63) is 53.6 Å². The number of methoxy groups -OCH3 is 2. The minimum absolute atomic E-state index is 0.00539. The van der Waals surface area contributed by atoms with Gasteiger partial charge in [0.1, 0.15) is 0 Å². The van der Waals surface area contributed by atoms with Gasteiger partial charge in [-0.2, -0.15) is 0 Å². The number of aliphatic carboxylic acids is 1. The van der Waals surface area contributed by atoms with Gasteiger partial charge in [-0.05, 0) is 29.3 Å². The molecule has 2 aromatic rings. The summed E-state index contributed by atoms with van der Waals surface area (Å²) in [7, 11) is 2.98. The molecule has 0 saturated heterocycles. The Morgan fingerprint density at radius 2 is 1.90 bits per heavy atom. The molecule has 2 amide bonds. The third-order valence-corrected chi connectivity index (χ3v) is 4.82. The number of carboxylic acid groups (broad SMARTS) is 1. The van der Waals surface area contributed by atoms with Gasteiger partial charge < -0.3 is 25.2 Å². The van der Waals surface area contributed by atoms with Crippen molar-refractivity contribution < 1.29 is 29.0 Å². The van der Waals surface area contributed by atoms with Crippen LogP contribution in [0.2, 0.25) is 0 Å². The standard InChI is InChI=1S/C21H22N2O6/c1-28-17-8-7-12(9-18(17)29-2)16(11-20(25)26)23-21(27)14-10-19(24)22-15-6-4-3-5-13(14)15/h3-9,14,16H,10-11H2,1-2H3,(H,22,24)(H,23,27)(H,25,26)/t14-,16+/m1/s1. The van der Waals surface area contributed by atoms with Gasteiger partial charge in [0.25, 0.3) is 0 Å². The molecule has 8 heteroatoms. The Hall–Kier alpha value is -3.55. The van der Waals surface area contributed by atoms with Crippen LogP contribution >= 0.6 is 0 Å². The minimum atomic E-state index is -1.06. The molecule has 0 aromatic heterocycles. The SMILES string of the molecule is COc1ccc([C@H](CC(=O)O)NC(=O)[C@@H]2CC(=O)Nc3ccccc32)cc1OC. The Labute approximate surface area is 167 Å². The number of nitrogens with one attached hydrogen (secondary N) is 2. The summed E-state index contributed by atoms with van der Waals surface area (Å²) in [5, 5.41) is 14.9. The molecule has 2 atom stereocenters. The van der Waals surface area contributed by atoms with Crippen LogP contribution in [-0.2, 0) is 14.4 Å². The fraction of sp³-hybridized carbons (Fsp3) is 0.286. The number of carboxylic acids is 1. The molecule has 1 aliphatic rings. The van der Waals surface area contributed by atoms with Crippen molar-refractivity contribution in [2.45, 2.75) is 24.8 Å². The first-order valence-corrected chi connectivity index (χ1v) is 9.05. The molecule has 0 saturated carbocycles. The number of ether oxygens (including phenoxy) is 2. The van der Waals surface area contributed by atoms with Crippen LogP contribution < -0.4 is 20.1 Å². The van der Waals surface area contributed by atoms with Crippen molar-refractivity contribution in [3.63, 3.8) is 0 Å². The smallest absolute Gasteiger partial charge is 0.305 e. The molecule has 152 valence electrons. The maximum atomic E-state index is 13.0. The predicted molar refractivity (Wildman–Crippen MR) is 105 cm³/mol. The number of benzene rings is 2. The quantitative estimate of drug-likeness (QED) is 0.660. The number of rotatable bonds is 7. The van der Waals surface area contributed by atoms with E-state index in [-0.39, 0.29) is 18.7 Å². The van der Waals surface area contributed by atoms with Gasteiger partial charge >= 0.3 is 5.97 Å². The molecule has 8 nitrogen and oxygen atoms in total. The van der Waals surface area contributed by atoms with Crippen LogP contribution in [0.15, 0.2) is 42.5 Å². The summed E-state index contributed by atoms with van der Waals surface area (Å²) in [6, 6.07) is 11.2. The van der Waals surface area contributed by atoms with Crippen molar-refractivity contribution in [2.75, 3.05) is 19.5 Å². The fourth-order valence-electron chi connectivity index (χ4n) is 3.41. The number of amides is 2. The minimum Gasteiger partial charge on any atom is -0.493 e. The predicted octanol–water partition coefficient (Wildman–Crippen LogP) is 2.46. The van der Waals surface area contributed by atoms with Gasteiger partial charge in [-0.25, -0.2) is 0 Å². The van der Waals surface area contributed by atoms with Crippen LogP contribution in [0.3, 0.4) is 0 Å². The lowest BCUT2D eigenvalue weighted by Crippen LogP contribution is -2.37. The lowest BCUT2D eigenvalue weighted by Gasteiger charge is -2.27. The molecule has 3 rings (SSSR count). The molecule has 1 aliphatic heterocycles. The molecule has 0 bridgehead atoms. The first-order chi connectivity index (χ1) is 13.9. The van der Waals surface area contributed by atoms with E-state index in [1.54, 1.807) is 42.5 Å². The first kappa shape index (κ1) is 20.2. The largest absolute Gasteiger partial charge is 0.493 e. The normalized spacial score (nSPS) is 16.2. The summed E-state index contributed by atoms with van der Waals surface area (Å²) in [6.45, 7) is 0. The summed E-state index contributed by atoms with van der Waals surface area (Å²) >= 11 is 0. The van der Waals surface area contributed by atoms with Crippen molar-refractivity contribution in [1.82, 2.24) is 5.32 Å². The Morgan fingerprint density at radius 1 is 1.17 bits per heavy atom. The third-order valence-electron chi connectivity index (χ3n) is 4.82. The second-order valence-electron chi connectivity index (χ2n) is 6.67. The van der Waals surface area contributed by atoms with E-state index in [1.165, 1.54) is 14.2 Å². The van der Waals surface area contributed by atoms with E-state index in [9.17, 15) is 19.5 Å². The fourth-order valence-corrected chi connectivity index (χ4v) is 3.41. The van der Waals surface area contributed by atoms with E-state index in [1.807, 2.05) is 0 Å². The molecule has 1 heterocycles. The van der Waals surface area contributed by atoms with Crippen LogP contribution in [0.1, 0.15) is 35.9 Å². The number of hydrogen-bond donors (Lipinski definition) is 3. The van der Waals surface area contributed by atoms with E-state index in [0.29, 0.717) is 28.3 Å². The molecule has 2 aromatic carbocycles. The van der Waals surface area contributed by atoms with Crippen LogP contribution in [-0.4, -0.2) is 37.1 Å². The number of anilines is 1. The van der Waals surface area contributed by atoms with E-state index >= 15 is 0 Å². The van der Waals surface area contributed by atoms with Gasteiger partial charge in [-0.15, -0.1) is 0 Å². The highest BCUT2D eigenvalue weighted by atomic mass is 16.5. The molecule has 0 spiro atoms. The van der Waals surface area contributed by atoms with Gasteiger partial charge in [0.2, 0.25) is 11.8 Å². The molecule has 3 N–H and O–H groups in total. The van der Waals surface area contributed by atoms with Gasteiger partial charge in [0.15, 0.2) is 11.5 Å². The lowest BCUT2D eigenvalue weighted by atomic mass is 9.89. The van der Waals surface area contributed by atoms with Crippen molar-refractivity contribution in [2.24, 2.45) is 0 Å². The first-order valence-electron chi connectivity index (χ1n) is 9.05. The van der Waals surface area contributed by atoms with Crippen LogP contribution in [0.25, 0.3) is 0 Å². The number of carbonyl (C=O) groups is 3. The van der Waals surface area contributed by atoms with Crippen LogP contribution in [0.5, 0.6) is 11.5 Å². The average Bonchev–Trinajstić information content (AvgIpc) is 2.71. The molecule has 0 radical (unpaired) electrons. The van der Waals surface area contributed by atoms with Crippen molar-refractivity contribution in [3.8, 4) is 11.5 Å². The maximum absolute atomic E-state index is 13.0. The zero-order valence-corrected chi connectivity index (χ0v) is 16.1.